The first-order valence-electron chi connectivity index (χ1n) is 11.7. The molecule has 3 atom stereocenters. The molecule has 1 aromatic carbocycles. The molecule has 0 saturated heterocycles. The maximum absolute atomic E-state index is 12.5. The first-order chi connectivity index (χ1) is 15.2. The van der Waals surface area contributed by atoms with Crippen molar-refractivity contribution in [2.24, 2.45) is 5.92 Å². The molecule has 32 heavy (non-hydrogen) atoms. The largest absolute Gasteiger partial charge is 0.360 e. The molecule has 1 heterocycles. The monoisotopic (exact) mass is 460 g/mol. The average molecular weight is 461 g/mol. The maximum Gasteiger partial charge on any atom is 0.253 e. The molecule has 0 radical (unpaired) electrons. The summed E-state index contributed by atoms with van der Waals surface area (Å²) >= 11 is 6.11. The fourth-order valence-electron chi connectivity index (χ4n) is 4.53. The number of aromatic nitrogens is 2. The van der Waals surface area contributed by atoms with Crippen LogP contribution in [0.25, 0.3) is 10.9 Å². The van der Waals surface area contributed by atoms with Crippen molar-refractivity contribution < 1.29 is 4.79 Å². The second kappa shape index (κ2) is 11.3. The first kappa shape index (κ1) is 24.7. The predicted octanol–water partition coefficient (Wildman–Crippen LogP) is 4.43. The number of carbonyl (C=O) groups excluding carboxylic acids is 1. The van der Waals surface area contributed by atoms with Gasteiger partial charge < -0.3 is 10.6 Å². The van der Waals surface area contributed by atoms with Crippen molar-refractivity contribution in [2.75, 3.05) is 11.9 Å². The van der Waals surface area contributed by atoms with Crippen LogP contribution < -0.4 is 21.5 Å². The normalized spacial score (nSPS) is 21.5. The highest BCUT2D eigenvalue weighted by molar-refractivity contribution is 6.31. The molecule has 3 rings (SSSR count). The Morgan fingerprint density at radius 3 is 2.78 bits per heavy atom. The van der Waals surface area contributed by atoms with E-state index < -0.39 is 0 Å². The van der Waals surface area contributed by atoms with Gasteiger partial charge in [0.1, 0.15) is 12.1 Å². The molecule has 0 unspecified atom stereocenters. The third kappa shape index (κ3) is 7.29. The van der Waals surface area contributed by atoms with Crippen LogP contribution in [-0.4, -0.2) is 40.0 Å². The summed E-state index contributed by atoms with van der Waals surface area (Å²) in [6.07, 6.45) is 8.36. The fraction of sp³-hybridized carbons (Fsp3) is 0.625. The van der Waals surface area contributed by atoms with Gasteiger partial charge in [-0.05, 0) is 70.6 Å². The van der Waals surface area contributed by atoms with E-state index in [1.165, 1.54) is 25.6 Å². The molecule has 2 aromatic rings. The van der Waals surface area contributed by atoms with E-state index in [0.717, 1.165) is 30.2 Å². The number of rotatable bonds is 9. The molecule has 1 amide bonds. The van der Waals surface area contributed by atoms with Crippen molar-refractivity contribution in [2.45, 2.75) is 83.8 Å². The van der Waals surface area contributed by atoms with Crippen molar-refractivity contribution >= 4 is 34.2 Å². The third-order valence-corrected chi connectivity index (χ3v) is 6.19. The number of hydrogen-bond acceptors (Lipinski definition) is 6. The van der Waals surface area contributed by atoms with Crippen molar-refractivity contribution in [1.29, 1.82) is 0 Å². The standard InChI is InChI=1S/C24H37ClN6O/c1-5-6-7-16-12-18(29-24(2,3)4)9-11-20(16)30-31-22(32)14-26-23-19-13-17(25)8-10-21(19)27-15-28-23/h8,10,13,15-16,18,20,29-30H,5-7,9,11-12,14H2,1-4H3,(H,31,32)(H,26,27,28)/t16-,18-,20+/m1/s1. The molecule has 176 valence electrons. The van der Waals surface area contributed by atoms with Crippen LogP contribution in [0.4, 0.5) is 5.82 Å². The summed E-state index contributed by atoms with van der Waals surface area (Å²) in [4.78, 5) is 21.0. The highest BCUT2D eigenvalue weighted by Crippen LogP contribution is 2.30. The van der Waals surface area contributed by atoms with Crippen LogP contribution in [0.15, 0.2) is 24.5 Å². The van der Waals surface area contributed by atoms with Crippen molar-refractivity contribution in [3.63, 3.8) is 0 Å². The van der Waals surface area contributed by atoms with Crippen LogP contribution in [0.2, 0.25) is 5.02 Å². The lowest BCUT2D eigenvalue weighted by Crippen LogP contribution is -2.54. The van der Waals surface area contributed by atoms with Crippen LogP contribution in [0.3, 0.4) is 0 Å². The summed E-state index contributed by atoms with van der Waals surface area (Å²) in [6.45, 7) is 9.01. The van der Waals surface area contributed by atoms with Crippen LogP contribution in [-0.2, 0) is 4.79 Å². The van der Waals surface area contributed by atoms with Gasteiger partial charge in [-0.3, -0.25) is 10.2 Å². The topological polar surface area (TPSA) is 91.0 Å². The van der Waals surface area contributed by atoms with Gasteiger partial charge in [0.2, 0.25) is 0 Å². The molecular formula is C24H37ClN6O. The van der Waals surface area contributed by atoms with Crippen LogP contribution >= 0.6 is 11.6 Å². The lowest BCUT2D eigenvalue weighted by atomic mass is 9.78. The molecule has 0 spiro atoms. The highest BCUT2D eigenvalue weighted by atomic mass is 35.5. The Morgan fingerprint density at radius 1 is 1.22 bits per heavy atom. The van der Waals surface area contributed by atoms with Gasteiger partial charge in [-0.2, -0.15) is 0 Å². The van der Waals surface area contributed by atoms with Gasteiger partial charge in [-0.25, -0.2) is 15.4 Å². The highest BCUT2D eigenvalue weighted by Gasteiger charge is 2.31. The number of benzene rings is 1. The van der Waals surface area contributed by atoms with Gasteiger partial charge in [0.15, 0.2) is 0 Å². The number of unbranched alkanes of at least 4 members (excludes halogenated alkanes) is 1. The van der Waals surface area contributed by atoms with E-state index in [1.54, 1.807) is 12.1 Å². The van der Waals surface area contributed by atoms with E-state index in [-0.39, 0.29) is 18.0 Å². The Bertz CT molecular complexity index is 900. The average Bonchev–Trinajstić information content (AvgIpc) is 2.74. The second-order valence-electron chi connectivity index (χ2n) is 9.84. The zero-order chi connectivity index (χ0) is 23.1. The second-order valence-corrected chi connectivity index (χ2v) is 10.3. The molecule has 1 fully saturated rings. The van der Waals surface area contributed by atoms with Gasteiger partial charge in [0.05, 0.1) is 12.1 Å². The van der Waals surface area contributed by atoms with E-state index in [4.69, 9.17) is 11.6 Å². The summed E-state index contributed by atoms with van der Waals surface area (Å²) in [6, 6.07) is 6.26. The Labute approximate surface area is 196 Å². The summed E-state index contributed by atoms with van der Waals surface area (Å²) in [7, 11) is 0. The number of halogens is 1. The third-order valence-electron chi connectivity index (χ3n) is 5.96. The molecular weight excluding hydrogens is 424 g/mol. The van der Waals surface area contributed by atoms with Crippen LogP contribution in [0.1, 0.15) is 66.2 Å². The zero-order valence-electron chi connectivity index (χ0n) is 19.7. The number of fused-ring (bicyclic) bond motifs is 1. The minimum absolute atomic E-state index is 0.117. The van der Waals surface area contributed by atoms with Crippen molar-refractivity contribution in [3.05, 3.63) is 29.5 Å². The van der Waals surface area contributed by atoms with E-state index in [1.807, 2.05) is 6.07 Å². The van der Waals surface area contributed by atoms with E-state index in [2.05, 4.69) is 59.1 Å². The SMILES string of the molecule is CCCC[C@@H]1C[C@H](NC(C)(C)C)CC[C@@H]1NNC(=O)CNc1ncnc2ccc(Cl)cc12. The van der Waals surface area contributed by atoms with Crippen LogP contribution in [0.5, 0.6) is 0 Å². The molecule has 1 aliphatic rings. The summed E-state index contributed by atoms with van der Waals surface area (Å²) < 4.78 is 0. The molecule has 8 heteroatoms. The summed E-state index contributed by atoms with van der Waals surface area (Å²) in [5, 5.41) is 8.27. The van der Waals surface area contributed by atoms with Crippen LogP contribution in [0, 0.1) is 5.92 Å². The molecule has 1 saturated carbocycles. The van der Waals surface area contributed by atoms with Gasteiger partial charge in [0.25, 0.3) is 5.91 Å². The molecule has 4 N–H and O–H groups in total. The van der Waals surface area contributed by atoms with Gasteiger partial charge in [-0.15, -0.1) is 0 Å². The zero-order valence-corrected chi connectivity index (χ0v) is 20.4. The first-order valence-corrected chi connectivity index (χ1v) is 12.1. The van der Waals surface area contributed by atoms with E-state index in [9.17, 15) is 4.79 Å². The molecule has 0 aliphatic heterocycles. The van der Waals surface area contributed by atoms with Crippen molar-refractivity contribution in [3.8, 4) is 0 Å². The number of nitrogens with one attached hydrogen (secondary N) is 4. The lowest BCUT2D eigenvalue weighted by molar-refractivity contribution is -0.120. The lowest BCUT2D eigenvalue weighted by Gasteiger charge is -2.40. The molecule has 1 aliphatic carbocycles. The summed E-state index contributed by atoms with van der Waals surface area (Å²) in [5.74, 6) is 1.02. The van der Waals surface area contributed by atoms with E-state index in [0.29, 0.717) is 28.8 Å². The number of carbonyl (C=O) groups is 1. The predicted molar refractivity (Wildman–Crippen MR) is 132 cm³/mol. The minimum Gasteiger partial charge on any atom is -0.360 e. The Morgan fingerprint density at radius 2 is 2.03 bits per heavy atom. The number of hydrogen-bond donors (Lipinski definition) is 4. The molecule has 7 nitrogen and oxygen atoms in total. The quantitative estimate of drug-likeness (QED) is 0.414. The van der Waals surface area contributed by atoms with Gasteiger partial charge >= 0.3 is 0 Å². The number of anilines is 1. The smallest absolute Gasteiger partial charge is 0.253 e. The van der Waals surface area contributed by atoms with E-state index >= 15 is 0 Å². The molecule has 1 aromatic heterocycles. The summed E-state index contributed by atoms with van der Waals surface area (Å²) in [5.41, 5.74) is 7.14. The Kier molecular flexibility index (Phi) is 8.68. The fourth-order valence-corrected chi connectivity index (χ4v) is 4.71. The molecule has 0 bridgehead atoms. The Hall–Kier alpha value is -1.96. The number of hydrazine groups is 1. The number of amides is 1. The Balaban J connectivity index is 1.52. The van der Waals surface area contributed by atoms with Crippen molar-refractivity contribution in [1.82, 2.24) is 26.1 Å². The minimum atomic E-state index is -0.122. The number of nitrogens with zero attached hydrogens (tertiary/aromatic N) is 2. The van der Waals surface area contributed by atoms with Gasteiger partial charge in [0, 0.05) is 28.0 Å². The van der Waals surface area contributed by atoms with Gasteiger partial charge in [-0.1, -0.05) is 31.4 Å². The maximum atomic E-state index is 12.5.